The average Bonchev–Trinajstić information content (AvgIpc) is 3.02. The Kier molecular flexibility index (Phi) is 4.84. The van der Waals surface area contributed by atoms with E-state index in [2.05, 4.69) is 10.4 Å². The van der Waals surface area contributed by atoms with E-state index < -0.39 is 35.2 Å². The van der Waals surface area contributed by atoms with E-state index in [1.54, 1.807) is 0 Å². The molecular weight excluding hydrogens is 403 g/mol. The normalized spacial score (nSPS) is 16.4. The smallest absolute Gasteiger partial charge is 0.419 e. The number of anilines is 1. The number of cyclic esters (lactones) is 2. The van der Waals surface area contributed by atoms with E-state index in [0.29, 0.717) is 0 Å². The van der Waals surface area contributed by atoms with Crippen LogP contribution in [-0.2, 0) is 25.2 Å². The molecule has 2 heterocycles. The van der Waals surface area contributed by atoms with E-state index in [0.717, 1.165) is 23.1 Å². The quantitative estimate of drug-likeness (QED) is 0.468. The predicted octanol–water partition coefficient (Wildman–Crippen LogP) is 3.68. The van der Waals surface area contributed by atoms with Crippen LogP contribution in [0.15, 0.2) is 42.2 Å². The van der Waals surface area contributed by atoms with Crippen molar-refractivity contribution in [2.45, 2.75) is 25.8 Å². The topological polar surface area (TPSA) is 82.5 Å². The summed E-state index contributed by atoms with van der Waals surface area (Å²) in [6.07, 6.45) is -2.50. The molecule has 0 radical (unpaired) electrons. The number of benzene rings is 1. The van der Waals surface area contributed by atoms with E-state index >= 15 is 0 Å². The Bertz CT molecular complexity index is 960. The number of aromatic nitrogens is 2. The Balaban J connectivity index is 1.94. The highest BCUT2D eigenvalue weighted by Gasteiger charge is 2.39. The molecule has 2 aromatic rings. The van der Waals surface area contributed by atoms with Crippen LogP contribution < -0.4 is 5.32 Å². The first kappa shape index (κ1) is 19.7. The minimum atomic E-state index is -4.62. The van der Waals surface area contributed by atoms with Crippen molar-refractivity contribution in [2.24, 2.45) is 0 Å². The van der Waals surface area contributed by atoms with Crippen LogP contribution in [0, 0.1) is 0 Å². The molecule has 3 rings (SSSR count). The maximum absolute atomic E-state index is 12.8. The lowest BCUT2D eigenvalue weighted by atomic mass is 10.2. The van der Waals surface area contributed by atoms with Crippen LogP contribution in [-0.4, -0.2) is 27.5 Å². The average molecular weight is 416 g/mol. The third kappa shape index (κ3) is 3.96. The van der Waals surface area contributed by atoms with Gasteiger partial charge in [0.15, 0.2) is 11.3 Å². The summed E-state index contributed by atoms with van der Waals surface area (Å²) >= 11 is 6.12. The molecule has 1 fully saturated rings. The van der Waals surface area contributed by atoms with Crippen LogP contribution in [0.3, 0.4) is 0 Å². The molecular formula is C17H13ClF3N3O4. The van der Waals surface area contributed by atoms with Crippen molar-refractivity contribution >= 4 is 29.2 Å². The van der Waals surface area contributed by atoms with Gasteiger partial charge in [-0.3, -0.25) is 0 Å². The number of hydrogen-bond acceptors (Lipinski definition) is 6. The maximum Gasteiger partial charge on any atom is 0.435 e. The Hall–Kier alpha value is -3.01. The number of hydrogen-bond donors (Lipinski definition) is 1. The number of halogens is 4. The second-order valence-electron chi connectivity index (χ2n) is 6.16. The molecule has 0 spiro atoms. The number of rotatable bonds is 3. The number of nitrogens with one attached hydrogen (secondary N) is 1. The molecule has 0 aliphatic carbocycles. The van der Waals surface area contributed by atoms with Crippen molar-refractivity contribution in [3.05, 3.63) is 53.0 Å². The van der Waals surface area contributed by atoms with Gasteiger partial charge in [0.25, 0.3) is 5.79 Å². The third-order valence-electron chi connectivity index (χ3n) is 3.58. The number of para-hydroxylation sites is 1. The van der Waals surface area contributed by atoms with Gasteiger partial charge >= 0.3 is 18.1 Å². The zero-order valence-electron chi connectivity index (χ0n) is 14.5. The lowest BCUT2D eigenvalue weighted by Gasteiger charge is -2.29. The van der Waals surface area contributed by atoms with E-state index in [9.17, 15) is 22.8 Å². The summed E-state index contributed by atoms with van der Waals surface area (Å²) in [5.74, 6) is -3.21. The SMILES string of the molecule is CC1(C)OC(=O)C(=CNc2cccc(Cl)c2-n2ccc(C(F)(F)F)n2)C(=O)O1. The third-order valence-corrected chi connectivity index (χ3v) is 3.89. The number of nitrogens with zero attached hydrogens (tertiary/aromatic N) is 2. The molecule has 1 aromatic heterocycles. The summed E-state index contributed by atoms with van der Waals surface area (Å²) in [5, 5.41) is 6.24. The van der Waals surface area contributed by atoms with Crippen LogP contribution in [0.4, 0.5) is 18.9 Å². The van der Waals surface area contributed by atoms with Crippen molar-refractivity contribution in [1.29, 1.82) is 0 Å². The van der Waals surface area contributed by atoms with Gasteiger partial charge in [0.2, 0.25) is 0 Å². The van der Waals surface area contributed by atoms with E-state index in [1.807, 2.05) is 0 Å². The molecule has 1 aromatic carbocycles. The molecule has 0 amide bonds. The largest absolute Gasteiger partial charge is 0.435 e. The van der Waals surface area contributed by atoms with Crippen LogP contribution in [0.5, 0.6) is 0 Å². The van der Waals surface area contributed by atoms with Gasteiger partial charge in [-0.2, -0.15) is 18.3 Å². The molecule has 11 heteroatoms. The molecule has 0 atom stereocenters. The van der Waals surface area contributed by atoms with Crippen LogP contribution in [0.2, 0.25) is 5.02 Å². The number of ether oxygens (including phenoxy) is 2. The summed E-state index contributed by atoms with van der Waals surface area (Å²) < 4.78 is 49.3. The predicted molar refractivity (Wildman–Crippen MR) is 91.5 cm³/mol. The minimum Gasteiger partial charge on any atom is -0.419 e. The molecule has 7 nitrogen and oxygen atoms in total. The van der Waals surface area contributed by atoms with Gasteiger partial charge in [0.05, 0.1) is 10.7 Å². The van der Waals surface area contributed by atoms with Gasteiger partial charge < -0.3 is 14.8 Å². The highest BCUT2D eigenvalue weighted by atomic mass is 35.5. The van der Waals surface area contributed by atoms with Crippen molar-refractivity contribution in [3.63, 3.8) is 0 Å². The summed E-state index contributed by atoms with van der Waals surface area (Å²) in [5.41, 5.74) is -1.23. The van der Waals surface area contributed by atoms with Crippen molar-refractivity contribution in [1.82, 2.24) is 9.78 Å². The van der Waals surface area contributed by atoms with Crippen LogP contribution in [0.1, 0.15) is 19.5 Å². The first-order chi connectivity index (χ1) is 13.0. The molecule has 0 saturated carbocycles. The van der Waals surface area contributed by atoms with Crippen LogP contribution in [0.25, 0.3) is 5.69 Å². The lowest BCUT2D eigenvalue weighted by molar-refractivity contribution is -0.222. The number of carbonyl (C=O) groups is 2. The van der Waals surface area contributed by atoms with Crippen molar-refractivity contribution < 1.29 is 32.2 Å². The monoisotopic (exact) mass is 415 g/mol. The van der Waals surface area contributed by atoms with Gasteiger partial charge in [-0.1, -0.05) is 17.7 Å². The molecule has 1 aliphatic heterocycles. The molecule has 0 unspecified atom stereocenters. The molecule has 148 valence electrons. The fraction of sp³-hybridized carbons (Fsp3) is 0.235. The maximum atomic E-state index is 12.8. The minimum absolute atomic E-state index is 0.0920. The fourth-order valence-corrected chi connectivity index (χ4v) is 2.65. The molecule has 0 bridgehead atoms. The molecule has 1 saturated heterocycles. The highest BCUT2D eigenvalue weighted by Crippen LogP contribution is 2.32. The summed E-state index contributed by atoms with van der Waals surface area (Å²) in [6.45, 7) is 2.80. The van der Waals surface area contributed by atoms with E-state index in [-0.39, 0.29) is 16.4 Å². The summed E-state index contributed by atoms with van der Waals surface area (Å²) in [6, 6.07) is 5.26. The zero-order chi connectivity index (χ0) is 20.7. The number of esters is 2. The Labute approximate surface area is 161 Å². The second-order valence-corrected chi connectivity index (χ2v) is 6.57. The van der Waals surface area contributed by atoms with E-state index in [4.69, 9.17) is 21.1 Å². The summed E-state index contributed by atoms with van der Waals surface area (Å²) in [4.78, 5) is 24.0. The zero-order valence-corrected chi connectivity index (χ0v) is 15.3. The first-order valence-electron chi connectivity index (χ1n) is 7.83. The van der Waals surface area contributed by atoms with Gasteiger partial charge in [0, 0.05) is 26.2 Å². The van der Waals surface area contributed by atoms with Gasteiger partial charge in [-0.05, 0) is 18.2 Å². The Morgan fingerprint density at radius 2 is 1.82 bits per heavy atom. The van der Waals surface area contributed by atoms with Crippen LogP contribution >= 0.6 is 11.6 Å². The highest BCUT2D eigenvalue weighted by molar-refractivity contribution is 6.33. The Morgan fingerprint density at radius 3 is 2.39 bits per heavy atom. The molecule has 28 heavy (non-hydrogen) atoms. The molecule has 1 aliphatic rings. The van der Waals surface area contributed by atoms with Gasteiger partial charge in [0.1, 0.15) is 5.69 Å². The van der Waals surface area contributed by atoms with Gasteiger partial charge in [-0.15, -0.1) is 0 Å². The number of alkyl halides is 3. The Morgan fingerprint density at radius 1 is 1.18 bits per heavy atom. The molecule has 1 N–H and O–H groups in total. The fourth-order valence-electron chi connectivity index (χ4n) is 2.39. The van der Waals surface area contributed by atoms with Crippen molar-refractivity contribution in [3.8, 4) is 5.69 Å². The summed E-state index contributed by atoms with van der Waals surface area (Å²) in [7, 11) is 0. The van der Waals surface area contributed by atoms with Crippen molar-refractivity contribution in [2.75, 3.05) is 5.32 Å². The lowest BCUT2D eigenvalue weighted by Crippen LogP contribution is -2.42. The number of carbonyl (C=O) groups excluding carboxylic acids is 2. The van der Waals surface area contributed by atoms with Gasteiger partial charge in [-0.25, -0.2) is 14.3 Å². The second kappa shape index (κ2) is 6.86. The first-order valence-corrected chi connectivity index (χ1v) is 8.21. The standard InChI is InChI=1S/C17H13ClF3N3O4/c1-16(2)27-14(25)9(15(26)28-16)8-22-11-5-3-4-10(18)13(11)24-7-6-12(23-24)17(19,20)21/h3-8,22H,1-2H3. The van der Waals surface area contributed by atoms with E-state index in [1.165, 1.54) is 32.0 Å².